The monoisotopic (exact) mass is 236 g/mol. The summed E-state index contributed by atoms with van der Waals surface area (Å²) in [7, 11) is 1.65. The molecule has 0 fully saturated rings. The van der Waals surface area contributed by atoms with Crippen molar-refractivity contribution in [1.82, 2.24) is 10.6 Å². The quantitative estimate of drug-likeness (QED) is 0.740. The van der Waals surface area contributed by atoms with Crippen LogP contribution in [0.5, 0.6) is 0 Å². The van der Waals surface area contributed by atoms with E-state index in [1.54, 1.807) is 7.11 Å². The summed E-state index contributed by atoms with van der Waals surface area (Å²) in [6.45, 7) is 3.89. The molecule has 2 N–H and O–H groups in total. The Morgan fingerprint density at radius 2 is 2.18 bits per heavy atom. The second-order valence-electron chi connectivity index (χ2n) is 3.94. The number of nitrogens with one attached hydrogen (secondary N) is 2. The number of rotatable bonds is 6. The van der Waals surface area contributed by atoms with E-state index in [1.165, 1.54) is 5.56 Å². The zero-order chi connectivity index (χ0) is 12.5. The molecule has 1 aromatic carbocycles. The summed E-state index contributed by atoms with van der Waals surface area (Å²) in [5.74, 6) is 0. The predicted molar refractivity (Wildman–Crippen MR) is 67.9 cm³/mol. The number of carbonyl (C=O) groups is 1. The summed E-state index contributed by atoms with van der Waals surface area (Å²) in [5, 5.41) is 5.58. The topological polar surface area (TPSA) is 50.4 Å². The van der Waals surface area contributed by atoms with Crippen molar-refractivity contribution in [1.29, 1.82) is 0 Å². The van der Waals surface area contributed by atoms with Crippen LogP contribution < -0.4 is 10.6 Å². The van der Waals surface area contributed by atoms with Gasteiger partial charge in [-0.2, -0.15) is 0 Å². The number of benzene rings is 1. The lowest BCUT2D eigenvalue weighted by Gasteiger charge is -2.07. The highest BCUT2D eigenvalue weighted by Gasteiger charge is 1.99. The van der Waals surface area contributed by atoms with E-state index in [1.807, 2.05) is 25.1 Å². The fourth-order valence-electron chi connectivity index (χ4n) is 1.49. The minimum Gasteiger partial charge on any atom is -0.385 e. The Labute approximate surface area is 102 Å². The maximum atomic E-state index is 11.4. The summed E-state index contributed by atoms with van der Waals surface area (Å²) < 4.78 is 4.89. The van der Waals surface area contributed by atoms with Gasteiger partial charge in [0.2, 0.25) is 0 Å². The molecule has 0 bridgehead atoms. The largest absolute Gasteiger partial charge is 0.385 e. The molecule has 0 aromatic heterocycles. The van der Waals surface area contributed by atoms with E-state index in [4.69, 9.17) is 4.74 Å². The number of carbonyl (C=O) groups excluding carboxylic acids is 1. The molecule has 4 nitrogen and oxygen atoms in total. The fraction of sp³-hybridized carbons (Fsp3) is 0.462. The molecule has 17 heavy (non-hydrogen) atoms. The van der Waals surface area contributed by atoms with Crippen LogP contribution in [0.25, 0.3) is 0 Å². The maximum Gasteiger partial charge on any atom is 0.315 e. The molecular formula is C13H20N2O2. The molecule has 0 radical (unpaired) electrons. The van der Waals surface area contributed by atoms with E-state index in [9.17, 15) is 4.79 Å². The molecule has 1 rings (SSSR count). The second kappa shape index (κ2) is 7.68. The van der Waals surface area contributed by atoms with Crippen molar-refractivity contribution in [3.8, 4) is 0 Å². The van der Waals surface area contributed by atoms with Crippen LogP contribution in [0, 0.1) is 6.92 Å². The van der Waals surface area contributed by atoms with Crippen molar-refractivity contribution in [2.75, 3.05) is 20.3 Å². The van der Waals surface area contributed by atoms with Gasteiger partial charge in [-0.1, -0.05) is 29.8 Å². The zero-order valence-electron chi connectivity index (χ0n) is 10.5. The Morgan fingerprint density at radius 1 is 1.35 bits per heavy atom. The third-order valence-electron chi connectivity index (χ3n) is 2.35. The molecule has 0 aliphatic carbocycles. The first-order valence-electron chi connectivity index (χ1n) is 5.78. The summed E-state index contributed by atoms with van der Waals surface area (Å²) >= 11 is 0. The van der Waals surface area contributed by atoms with Gasteiger partial charge in [-0.05, 0) is 18.9 Å². The van der Waals surface area contributed by atoms with Gasteiger partial charge in [0.1, 0.15) is 0 Å². The third-order valence-corrected chi connectivity index (χ3v) is 2.35. The summed E-state index contributed by atoms with van der Waals surface area (Å²) in [4.78, 5) is 11.4. The minimum absolute atomic E-state index is 0.136. The van der Waals surface area contributed by atoms with Crippen LogP contribution in [0.3, 0.4) is 0 Å². The summed E-state index contributed by atoms with van der Waals surface area (Å²) in [6.07, 6.45) is 0.828. The van der Waals surface area contributed by atoms with Gasteiger partial charge in [0.05, 0.1) is 0 Å². The van der Waals surface area contributed by atoms with Gasteiger partial charge in [0, 0.05) is 26.8 Å². The van der Waals surface area contributed by atoms with Gasteiger partial charge < -0.3 is 15.4 Å². The Morgan fingerprint density at radius 3 is 2.88 bits per heavy atom. The molecule has 4 heteroatoms. The number of ether oxygens (including phenoxy) is 1. The highest BCUT2D eigenvalue weighted by molar-refractivity contribution is 5.73. The molecule has 0 spiro atoms. The van der Waals surface area contributed by atoms with Gasteiger partial charge in [-0.15, -0.1) is 0 Å². The Kier molecular flexibility index (Phi) is 6.10. The Balaban J connectivity index is 2.19. The fourth-order valence-corrected chi connectivity index (χ4v) is 1.49. The maximum absolute atomic E-state index is 11.4. The molecule has 0 heterocycles. The number of aryl methyl sites for hydroxylation is 1. The summed E-state index contributed by atoms with van der Waals surface area (Å²) in [6, 6.07) is 7.95. The lowest BCUT2D eigenvalue weighted by molar-refractivity contribution is 0.193. The highest BCUT2D eigenvalue weighted by atomic mass is 16.5. The summed E-state index contributed by atoms with van der Waals surface area (Å²) in [5.41, 5.74) is 2.31. The Hall–Kier alpha value is -1.55. The molecule has 94 valence electrons. The molecule has 0 unspecified atom stereocenters. The van der Waals surface area contributed by atoms with Gasteiger partial charge in [-0.3, -0.25) is 0 Å². The van der Waals surface area contributed by atoms with Crippen LogP contribution >= 0.6 is 0 Å². The van der Waals surface area contributed by atoms with Gasteiger partial charge in [0.25, 0.3) is 0 Å². The molecule has 1 aromatic rings. The van der Waals surface area contributed by atoms with E-state index in [-0.39, 0.29) is 6.03 Å². The smallest absolute Gasteiger partial charge is 0.315 e. The number of hydrogen-bond acceptors (Lipinski definition) is 2. The van der Waals surface area contributed by atoms with Crippen LogP contribution in [0.2, 0.25) is 0 Å². The van der Waals surface area contributed by atoms with Crippen molar-refractivity contribution in [3.63, 3.8) is 0 Å². The van der Waals surface area contributed by atoms with E-state index in [0.29, 0.717) is 19.7 Å². The predicted octanol–water partition coefficient (Wildman–Crippen LogP) is 1.83. The minimum atomic E-state index is -0.136. The van der Waals surface area contributed by atoms with Gasteiger partial charge >= 0.3 is 6.03 Å². The molecule has 0 aliphatic rings. The van der Waals surface area contributed by atoms with E-state index < -0.39 is 0 Å². The van der Waals surface area contributed by atoms with E-state index in [0.717, 1.165) is 12.0 Å². The van der Waals surface area contributed by atoms with E-state index in [2.05, 4.69) is 16.7 Å². The SMILES string of the molecule is COCCCNC(=O)NCc1cccc(C)c1. The normalized spacial score (nSPS) is 10.0. The van der Waals surface area contributed by atoms with Crippen LogP contribution in [0.4, 0.5) is 4.79 Å². The Bertz CT molecular complexity index is 353. The first kappa shape index (κ1) is 13.5. The molecular weight excluding hydrogens is 216 g/mol. The van der Waals surface area contributed by atoms with Crippen LogP contribution in [0.15, 0.2) is 24.3 Å². The third kappa shape index (κ3) is 5.92. The van der Waals surface area contributed by atoms with Crippen LogP contribution in [-0.2, 0) is 11.3 Å². The average molecular weight is 236 g/mol. The molecule has 0 aliphatic heterocycles. The second-order valence-corrected chi connectivity index (χ2v) is 3.94. The lowest BCUT2D eigenvalue weighted by Crippen LogP contribution is -2.35. The lowest BCUT2D eigenvalue weighted by atomic mass is 10.1. The van der Waals surface area contributed by atoms with Gasteiger partial charge in [-0.25, -0.2) is 4.79 Å². The van der Waals surface area contributed by atoms with Crippen LogP contribution in [0.1, 0.15) is 17.5 Å². The van der Waals surface area contributed by atoms with Crippen molar-refractivity contribution >= 4 is 6.03 Å². The van der Waals surface area contributed by atoms with Crippen LogP contribution in [-0.4, -0.2) is 26.3 Å². The number of urea groups is 1. The number of amides is 2. The van der Waals surface area contributed by atoms with Crippen molar-refractivity contribution in [2.45, 2.75) is 19.9 Å². The van der Waals surface area contributed by atoms with Crippen molar-refractivity contribution in [2.24, 2.45) is 0 Å². The molecule has 0 saturated heterocycles. The first-order chi connectivity index (χ1) is 8.22. The highest BCUT2D eigenvalue weighted by Crippen LogP contribution is 2.02. The zero-order valence-corrected chi connectivity index (χ0v) is 10.5. The molecule has 0 atom stereocenters. The number of hydrogen-bond donors (Lipinski definition) is 2. The number of methoxy groups -OCH3 is 1. The van der Waals surface area contributed by atoms with Crippen molar-refractivity contribution in [3.05, 3.63) is 35.4 Å². The first-order valence-corrected chi connectivity index (χ1v) is 5.78. The van der Waals surface area contributed by atoms with Crippen molar-refractivity contribution < 1.29 is 9.53 Å². The molecule has 2 amide bonds. The average Bonchev–Trinajstić information content (AvgIpc) is 2.32. The van der Waals surface area contributed by atoms with E-state index >= 15 is 0 Å². The molecule has 0 saturated carbocycles. The van der Waals surface area contributed by atoms with Gasteiger partial charge in [0.15, 0.2) is 0 Å². The standard InChI is InChI=1S/C13H20N2O2/c1-11-5-3-6-12(9-11)10-15-13(16)14-7-4-8-17-2/h3,5-6,9H,4,7-8,10H2,1-2H3,(H2,14,15,16).